The molecule has 1 amide bonds. The van der Waals surface area contributed by atoms with Crippen LogP contribution in [0, 0.1) is 3.57 Å². The summed E-state index contributed by atoms with van der Waals surface area (Å²) in [6.07, 6.45) is 3.19. The molecular formula is C18H16INO4. The van der Waals surface area contributed by atoms with Gasteiger partial charge in [-0.05, 0) is 70.6 Å². The van der Waals surface area contributed by atoms with Gasteiger partial charge in [-0.25, -0.2) is 0 Å². The van der Waals surface area contributed by atoms with Gasteiger partial charge in [0.1, 0.15) is 13.2 Å². The molecule has 3 rings (SSSR count). The first-order valence-electron chi connectivity index (χ1n) is 7.38. The Kier molecular flexibility index (Phi) is 5.24. The van der Waals surface area contributed by atoms with Gasteiger partial charge in [0.15, 0.2) is 11.5 Å². The number of carbonyl (C=O) groups excluding carboxylic acids is 1. The van der Waals surface area contributed by atoms with E-state index in [0.717, 1.165) is 14.8 Å². The van der Waals surface area contributed by atoms with E-state index in [0.29, 0.717) is 30.5 Å². The molecule has 5 nitrogen and oxygen atoms in total. The molecule has 2 aromatic carbocycles. The number of benzene rings is 2. The van der Waals surface area contributed by atoms with E-state index in [1.54, 1.807) is 13.2 Å². The molecule has 24 heavy (non-hydrogen) atoms. The summed E-state index contributed by atoms with van der Waals surface area (Å²) in [5.74, 6) is 1.61. The van der Waals surface area contributed by atoms with Crippen molar-refractivity contribution in [2.24, 2.45) is 0 Å². The fraction of sp³-hybridized carbons (Fsp3) is 0.167. The summed E-state index contributed by atoms with van der Waals surface area (Å²) in [4.78, 5) is 12.0. The van der Waals surface area contributed by atoms with Gasteiger partial charge in [-0.1, -0.05) is 0 Å². The molecular weight excluding hydrogens is 421 g/mol. The van der Waals surface area contributed by atoms with Crippen molar-refractivity contribution in [1.82, 2.24) is 0 Å². The van der Waals surface area contributed by atoms with Crippen molar-refractivity contribution in [3.63, 3.8) is 0 Å². The number of ether oxygens (including phenoxy) is 3. The number of methoxy groups -OCH3 is 1. The summed E-state index contributed by atoms with van der Waals surface area (Å²) in [5, 5.41) is 2.81. The lowest BCUT2D eigenvalue weighted by Gasteiger charge is -2.20. The van der Waals surface area contributed by atoms with Crippen LogP contribution in [0.1, 0.15) is 5.56 Å². The molecule has 0 saturated carbocycles. The molecule has 0 unspecified atom stereocenters. The first-order valence-corrected chi connectivity index (χ1v) is 8.46. The van der Waals surface area contributed by atoms with Gasteiger partial charge in [0, 0.05) is 15.3 Å². The Bertz CT molecular complexity index is 754. The van der Waals surface area contributed by atoms with E-state index in [9.17, 15) is 4.79 Å². The van der Waals surface area contributed by atoms with Crippen molar-refractivity contribution in [1.29, 1.82) is 0 Å². The van der Waals surface area contributed by atoms with E-state index in [1.807, 2.05) is 36.4 Å². The number of fused-ring (bicyclic) bond motifs is 1. The molecule has 1 heterocycles. The van der Waals surface area contributed by atoms with E-state index in [1.165, 1.54) is 6.08 Å². The quantitative estimate of drug-likeness (QED) is 0.586. The highest BCUT2D eigenvalue weighted by Crippen LogP contribution is 2.40. The van der Waals surface area contributed by atoms with Crippen LogP contribution < -0.4 is 19.5 Å². The van der Waals surface area contributed by atoms with Crippen molar-refractivity contribution >= 4 is 40.3 Å². The van der Waals surface area contributed by atoms with Crippen LogP contribution >= 0.6 is 22.6 Å². The lowest BCUT2D eigenvalue weighted by atomic mass is 10.1. The molecule has 0 bridgehead atoms. The maximum atomic E-state index is 12.0. The van der Waals surface area contributed by atoms with Crippen LogP contribution in [0.2, 0.25) is 0 Å². The van der Waals surface area contributed by atoms with Crippen molar-refractivity contribution in [3.05, 3.63) is 51.6 Å². The van der Waals surface area contributed by atoms with Gasteiger partial charge in [0.2, 0.25) is 11.7 Å². The van der Waals surface area contributed by atoms with Gasteiger partial charge in [0.25, 0.3) is 0 Å². The second-order valence-electron chi connectivity index (χ2n) is 5.08. The molecule has 124 valence electrons. The van der Waals surface area contributed by atoms with Gasteiger partial charge >= 0.3 is 0 Å². The van der Waals surface area contributed by atoms with Crippen molar-refractivity contribution in [2.45, 2.75) is 0 Å². The highest BCUT2D eigenvalue weighted by atomic mass is 127. The molecule has 0 atom stereocenters. The fourth-order valence-electron chi connectivity index (χ4n) is 2.28. The Morgan fingerprint density at radius 3 is 2.71 bits per heavy atom. The van der Waals surface area contributed by atoms with Crippen LogP contribution in [-0.4, -0.2) is 26.2 Å². The second kappa shape index (κ2) is 7.57. The highest BCUT2D eigenvalue weighted by molar-refractivity contribution is 14.1. The molecule has 0 aromatic heterocycles. The molecule has 1 aliphatic heterocycles. The zero-order valence-electron chi connectivity index (χ0n) is 13.0. The molecule has 0 saturated heterocycles. The van der Waals surface area contributed by atoms with Gasteiger partial charge in [0.05, 0.1) is 7.11 Å². The zero-order valence-corrected chi connectivity index (χ0v) is 15.2. The Labute approximate surface area is 153 Å². The lowest BCUT2D eigenvalue weighted by molar-refractivity contribution is -0.111. The standard InChI is InChI=1S/C18H16INO4/c1-22-15-10-12(11-16-18(15)24-9-8-23-16)2-7-17(21)20-14-5-3-13(19)4-6-14/h2-7,10-11H,8-9H2,1H3,(H,20,21)/b7-2+. The summed E-state index contributed by atoms with van der Waals surface area (Å²) in [6, 6.07) is 11.2. The third-order valence-corrected chi connectivity index (χ3v) is 4.11. The van der Waals surface area contributed by atoms with Crippen LogP contribution in [0.4, 0.5) is 5.69 Å². The number of anilines is 1. The summed E-state index contributed by atoms with van der Waals surface area (Å²) < 4.78 is 17.6. The van der Waals surface area contributed by atoms with E-state index in [2.05, 4.69) is 27.9 Å². The minimum Gasteiger partial charge on any atom is -0.493 e. The smallest absolute Gasteiger partial charge is 0.248 e. The number of hydrogen-bond acceptors (Lipinski definition) is 4. The maximum Gasteiger partial charge on any atom is 0.248 e. The third-order valence-electron chi connectivity index (χ3n) is 3.39. The average molecular weight is 437 g/mol. The first-order chi connectivity index (χ1) is 11.7. The summed E-state index contributed by atoms with van der Waals surface area (Å²) >= 11 is 2.22. The predicted octanol–water partition coefficient (Wildman–Crippen LogP) is 3.72. The molecule has 1 N–H and O–H groups in total. The van der Waals surface area contributed by atoms with Gasteiger partial charge in [-0.3, -0.25) is 4.79 Å². The topological polar surface area (TPSA) is 56.8 Å². The Balaban J connectivity index is 1.73. The highest BCUT2D eigenvalue weighted by Gasteiger charge is 2.17. The number of halogens is 1. The van der Waals surface area contributed by atoms with Crippen LogP contribution in [0.3, 0.4) is 0 Å². The normalized spacial score (nSPS) is 12.9. The number of rotatable bonds is 4. The van der Waals surface area contributed by atoms with Crippen LogP contribution in [0.25, 0.3) is 6.08 Å². The molecule has 0 radical (unpaired) electrons. The van der Waals surface area contributed by atoms with E-state index < -0.39 is 0 Å². The van der Waals surface area contributed by atoms with Crippen molar-refractivity contribution in [3.8, 4) is 17.2 Å². The Morgan fingerprint density at radius 1 is 1.21 bits per heavy atom. The van der Waals surface area contributed by atoms with Gasteiger partial charge in [-0.2, -0.15) is 0 Å². The van der Waals surface area contributed by atoms with Gasteiger partial charge in [-0.15, -0.1) is 0 Å². The molecule has 1 aliphatic rings. The first kappa shape index (κ1) is 16.6. The van der Waals surface area contributed by atoms with E-state index in [4.69, 9.17) is 14.2 Å². The SMILES string of the molecule is COc1cc(/C=C/C(=O)Nc2ccc(I)cc2)cc2c1OCCO2. The Hall–Kier alpha value is -2.22. The summed E-state index contributed by atoms with van der Waals surface area (Å²) in [7, 11) is 1.57. The largest absolute Gasteiger partial charge is 0.493 e. The van der Waals surface area contributed by atoms with Crippen LogP contribution in [-0.2, 0) is 4.79 Å². The fourth-order valence-corrected chi connectivity index (χ4v) is 2.64. The van der Waals surface area contributed by atoms with Crippen LogP contribution in [0.5, 0.6) is 17.2 Å². The maximum absolute atomic E-state index is 12.0. The minimum atomic E-state index is -0.204. The number of amides is 1. The third kappa shape index (κ3) is 4.00. The summed E-state index contributed by atoms with van der Waals surface area (Å²) in [6.45, 7) is 0.994. The van der Waals surface area contributed by atoms with E-state index in [-0.39, 0.29) is 5.91 Å². The minimum absolute atomic E-state index is 0.204. The Morgan fingerprint density at radius 2 is 1.96 bits per heavy atom. The molecule has 2 aromatic rings. The molecule has 6 heteroatoms. The number of nitrogens with one attached hydrogen (secondary N) is 1. The molecule has 0 aliphatic carbocycles. The predicted molar refractivity (Wildman–Crippen MR) is 101 cm³/mol. The number of hydrogen-bond donors (Lipinski definition) is 1. The molecule has 0 fully saturated rings. The summed E-state index contributed by atoms with van der Waals surface area (Å²) in [5.41, 5.74) is 1.55. The number of carbonyl (C=O) groups is 1. The van der Waals surface area contributed by atoms with Gasteiger partial charge < -0.3 is 19.5 Å². The lowest BCUT2D eigenvalue weighted by Crippen LogP contribution is -2.16. The van der Waals surface area contributed by atoms with Crippen molar-refractivity contribution in [2.75, 3.05) is 25.6 Å². The van der Waals surface area contributed by atoms with E-state index >= 15 is 0 Å². The second-order valence-corrected chi connectivity index (χ2v) is 6.32. The molecule has 0 spiro atoms. The monoisotopic (exact) mass is 437 g/mol. The average Bonchev–Trinajstić information content (AvgIpc) is 2.61. The zero-order chi connectivity index (χ0) is 16.9. The van der Waals surface area contributed by atoms with Crippen LogP contribution in [0.15, 0.2) is 42.5 Å². The van der Waals surface area contributed by atoms with Crippen molar-refractivity contribution < 1.29 is 19.0 Å².